The molecule has 0 spiro atoms. The van der Waals surface area contributed by atoms with Gasteiger partial charge in [0, 0.05) is 19.0 Å². The third kappa shape index (κ3) is 3.20. The van der Waals surface area contributed by atoms with Crippen LogP contribution >= 0.6 is 0 Å². The molecule has 0 saturated carbocycles. The molecule has 0 radical (unpaired) electrons. The summed E-state index contributed by atoms with van der Waals surface area (Å²) in [7, 11) is 0. The summed E-state index contributed by atoms with van der Waals surface area (Å²) in [6.07, 6.45) is 0.784. The smallest absolute Gasteiger partial charge is 0.311 e. The van der Waals surface area contributed by atoms with Gasteiger partial charge in [-0.1, -0.05) is 13.8 Å². The van der Waals surface area contributed by atoms with Crippen molar-refractivity contribution >= 4 is 11.9 Å². The zero-order valence-corrected chi connectivity index (χ0v) is 11.0. The number of carboxylic acid groups (broad SMARTS) is 1. The summed E-state index contributed by atoms with van der Waals surface area (Å²) in [4.78, 5) is 25.0. The minimum atomic E-state index is -0.910. The number of nitrogens with two attached hydrogens (primary N) is 1. The number of ether oxygens (including phenoxy) is 1. The number of hydrogen-bond donors (Lipinski definition) is 2. The van der Waals surface area contributed by atoms with Crippen molar-refractivity contribution in [2.45, 2.75) is 26.3 Å². The number of aliphatic carboxylic acids is 1. The molecule has 1 rings (SSSR count). The molecule has 0 aromatic heterocycles. The molecule has 1 saturated heterocycles. The van der Waals surface area contributed by atoms with Crippen LogP contribution in [0.2, 0.25) is 0 Å². The second-order valence-electron chi connectivity index (χ2n) is 4.72. The Hall–Kier alpha value is -1.14. The summed E-state index contributed by atoms with van der Waals surface area (Å²) in [6.45, 7) is 4.99. The van der Waals surface area contributed by atoms with Gasteiger partial charge in [0.05, 0.1) is 19.3 Å². The van der Waals surface area contributed by atoms with Crippen molar-refractivity contribution in [1.82, 2.24) is 4.90 Å². The van der Waals surface area contributed by atoms with Crippen molar-refractivity contribution in [3.05, 3.63) is 0 Å². The number of hydrogen-bond acceptors (Lipinski definition) is 4. The van der Waals surface area contributed by atoms with Crippen LogP contribution in [-0.4, -0.2) is 54.2 Å². The van der Waals surface area contributed by atoms with Crippen molar-refractivity contribution in [3.8, 4) is 0 Å². The lowest BCUT2D eigenvalue weighted by molar-refractivity contribution is -0.146. The predicted octanol–water partition coefficient (Wildman–Crippen LogP) is -0.0806. The molecule has 3 atom stereocenters. The molecule has 6 nitrogen and oxygen atoms in total. The lowest BCUT2D eigenvalue weighted by Gasteiger charge is -2.32. The molecular weight excluding hydrogens is 236 g/mol. The van der Waals surface area contributed by atoms with Crippen molar-refractivity contribution in [1.29, 1.82) is 0 Å². The fourth-order valence-electron chi connectivity index (χ4n) is 2.15. The zero-order chi connectivity index (χ0) is 13.7. The predicted molar refractivity (Wildman–Crippen MR) is 66.0 cm³/mol. The highest BCUT2D eigenvalue weighted by Crippen LogP contribution is 2.22. The molecule has 0 aliphatic carbocycles. The zero-order valence-electron chi connectivity index (χ0n) is 11.0. The average Bonchev–Trinajstić information content (AvgIpc) is 2.83. The van der Waals surface area contributed by atoms with E-state index in [2.05, 4.69) is 0 Å². The van der Waals surface area contributed by atoms with Gasteiger partial charge in [-0.2, -0.15) is 0 Å². The van der Waals surface area contributed by atoms with E-state index in [9.17, 15) is 9.59 Å². The van der Waals surface area contributed by atoms with Crippen LogP contribution in [-0.2, 0) is 14.3 Å². The molecule has 3 N–H and O–H groups in total. The first-order valence-electron chi connectivity index (χ1n) is 6.34. The Morgan fingerprint density at radius 2 is 2.17 bits per heavy atom. The molecule has 1 aliphatic heterocycles. The van der Waals surface area contributed by atoms with Crippen LogP contribution in [0.1, 0.15) is 20.3 Å². The highest BCUT2D eigenvalue weighted by Gasteiger charge is 2.40. The topological polar surface area (TPSA) is 92.9 Å². The van der Waals surface area contributed by atoms with Gasteiger partial charge in [-0.25, -0.2) is 0 Å². The Labute approximate surface area is 107 Å². The van der Waals surface area contributed by atoms with Gasteiger partial charge in [-0.3, -0.25) is 9.59 Å². The molecule has 0 aromatic carbocycles. The van der Waals surface area contributed by atoms with Crippen LogP contribution < -0.4 is 5.73 Å². The summed E-state index contributed by atoms with van der Waals surface area (Å²) in [5.41, 5.74) is 5.50. The van der Waals surface area contributed by atoms with Gasteiger partial charge in [0.25, 0.3) is 0 Å². The van der Waals surface area contributed by atoms with E-state index >= 15 is 0 Å². The molecular formula is C12H22N2O4. The van der Waals surface area contributed by atoms with E-state index in [-0.39, 0.29) is 31.0 Å². The van der Waals surface area contributed by atoms with Gasteiger partial charge in [-0.05, 0) is 6.42 Å². The van der Waals surface area contributed by atoms with Crippen LogP contribution in [0.25, 0.3) is 0 Å². The monoisotopic (exact) mass is 258 g/mol. The maximum Gasteiger partial charge on any atom is 0.311 e. The minimum Gasteiger partial charge on any atom is -0.481 e. The Morgan fingerprint density at radius 3 is 2.67 bits per heavy atom. The molecule has 1 aliphatic rings. The van der Waals surface area contributed by atoms with E-state index in [1.54, 1.807) is 11.8 Å². The lowest BCUT2D eigenvalue weighted by Crippen LogP contribution is -2.49. The van der Waals surface area contributed by atoms with Crippen molar-refractivity contribution in [2.24, 2.45) is 17.6 Å². The van der Waals surface area contributed by atoms with Gasteiger partial charge >= 0.3 is 5.97 Å². The number of carboxylic acids is 1. The number of amides is 1. The number of rotatable bonds is 6. The van der Waals surface area contributed by atoms with Gasteiger partial charge in [0.2, 0.25) is 5.91 Å². The quantitative estimate of drug-likeness (QED) is 0.695. The first-order valence-corrected chi connectivity index (χ1v) is 6.34. The average molecular weight is 258 g/mol. The van der Waals surface area contributed by atoms with Crippen LogP contribution in [0.3, 0.4) is 0 Å². The van der Waals surface area contributed by atoms with Crippen LogP contribution in [0.15, 0.2) is 0 Å². The number of nitrogens with zero attached hydrogens (tertiary/aromatic N) is 1. The first-order chi connectivity index (χ1) is 8.52. The van der Waals surface area contributed by atoms with Crippen LogP contribution in [0.4, 0.5) is 0 Å². The summed E-state index contributed by atoms with van der Waals surface area (Å²) in [5.74, 6) is -1.91. The Morgan fingerprint density at radius 1 is 1.50 bits per heavy atom. The van der Waals surface area contributed by atoms with Gasteiger partial charge in [0.1, 0.15) is 5.92 Å². The Kier molecular flexibility index (Phi) is 5.55. The molecule has 1 amide bonds. The van der Waals surface area contributed by atoms with E-state index in [4.69, 9.17) is 15.6 Å². The fourth-order valence-corrected chi connectivity index (χ4v) is 2.15. The summed E-state index contributed by atoms with van der Waals surface area (Å²) in [5, 5.41) is 9.14. The lowest BCUT2D eigenvalue weighted by atomic mass is 10.00. The van der Waals surface area contributed by atoms with Gasteiger partial charge in [-0.15, -0.1) is 0 Å². The highest BCUT2D eigenvalue weighted by atomic mass is 16.5. The van der Waals surface area contributed by atoms with Crippen LogP contribution in [0.5, 0.6) is 0 Å². The fraction of sp³-hybridized carbons (Fsp3) is 0.833. The minimum absolute atomic E-state index is 0.0823. The summed E-state index contributed by atoms with van der Waals surface area (Å²) >= 11 is 0. The molecule has 1 heterocycles. The van der Waals surface area contributed by atoms with E-state index in [1.807, 2.05) is 6.92 Å². The largest absolute Gasteiger partial charge is 0.481 e. The SMILES string of the molecule is CCCN(C(=O)C(C)CN)C1COCC1C(=O)O. The molecule has 6 heteroatoms. The Balaban J connectivity index is 2.83. The van der Waals surface area contributed by atoms with Crippen LogP contribution in [0, 0.1) is 11.8 Å². The number of carbonyl (C=O) groups is 2. The van der Waals surface area contributed by atoms with Gasteiger partial charge in [0.15, 0.2) is 0 Å². The second-order valence-corrected chi connectivity index (χ2v) is 4.72. The summed E-state index contributed by atoms with van der Waals surface area (Å²) in [6, 6.07) is -0.371. The molecule has 1 fully saturated rings. The maximum absolute atomic E-state index is 12.2. The molecule has 0 bridgehead atoms. The molecule has 18 heavy (non-hydrogen) atoms. The summed E-state index contributed by atoms with van der Waals surface area (Å²) < 4.78 is 5.22. The molecule has 3 unspecified atom stereocenters. The van der Waals surface area contributed by atoms with Crippen molar-refractivity contribution in [2.75, 3.05) is 26.3 Å². The molecule has 0 aromatic rings. The van der Waals surface area contributed by atoms with E-state index < -0.39 is 11.9 Å². The van der Waals surface area contributed by atoms with E-state index in [0.29, 0.717) is 13.2 Å². The normalized spacial score (nSPS) is 24.8. The highest BCUT2D eigenvalue weighted by molar-refractivity contribution is 5.80. The third-order valence-electron chi connectivity index (χ3n) is 3.29. The molecule has 104 valence electrons. The standard InChI is InChI=1S/C12H22N2O4/c1-3-4-14(11(15)8(2)5-13)10-7-18-6-9(10)12(16)17/h8-10H,3-7,13H2,1-2H3,(H,16,17). The maximum atomic E-state index is 12.2. The van der Waals surface area contributed by atoms with E-state index in [0.717, 1.165) is 6.42 Å². The number of carbonyl (C=O) groups excluding carboxylic acids is 1. The van der Waals surface area contributed by atoms with Gasteiger partial charge < -0.3 is 20.5 Å². The van der Waals surface area contributed by atoms with E-state index in [1.165, 1.54) is 0 Å². The Bertz CT molecular complexity index is 308. The second kappa shape index (κ2) is 6.70. The van der Waals surface area contributed by atoms with Crippen molar-refractivity contribution < 1.29 is 19.4 Å². The van der Waals surface area contributed by atoms with Crippen molar-refractivity contribution in [3.63, 3.8) is 0 Å². The first kappa shape index (κ1) is 14.9. The third-order valence-corrected chi connectivity index (χ3v) is 3.29.